The van der Waals surface area contributed by atoms with E-state index in [1.807, 2.05) is 25.1 Å². The molecule has 0 radical (unpaired) electrons. The van der Waals surface area contributed by atoms with Crippen LogP contribution >= 0.6 is 0 Å². The van der Waals surface area contributed by atoms with Crippen LogP contribution in [0.4, 0.5) is 0 Å². The van der Waals surface area contributed by atoms with E-state index in [1.165, 1.54) is 0 Å². The Labute approximate surface area is 83.0 Å². The van der Waals surface area contributed by atoms with Crippen LogP contribution in [0.5, 0.6) is 0 Å². The van der Waals surface area contributed by atoms with Crippen molar-refractivity contribution >= 4 is 5.97 Å². The molecule has 1 heterocycles. The molecule has 2 N–H and O–H groups in total. The number of carboxylic acid groups (broad SMARTS) is 1. The summed E-state index contributed by atoms with van der Waals surface area (Å²) < 4.78 is 0. The highest BCUT2D eigenvalue weighted by Crippen LogP contribution is 2.08. The van der Waals surface area contributed by atoms with Gasteiger partial charge in [0.1, 0.15) is 6.04 Å². The molecule has 2 atom stereocenters. The Bertz CT molecular complexity index is 300. The molecule has 0 aromatic carbocycles. The minimum atomic E-state index is -0.854. The molecule has 0 spiro atoms. The molecule has 0 saturated heterocycles. The molecule has 0 aliphatic carbocycles. The standard InChI is InChI=1S/C10H14N2O2/c1-7(12-8(2)10(13)14)9-5-3-4-6-11-9/h3-8,12H,1-2H3,(H,13,14)/t7-,8?/m1/s1. The quantitative estimate of drug-likeness (QED) is 0.756. The lowest BCUT2D eigenvalue weighted by molar-refractivity contribution is -0.139. The molecular weight excluding hydrogens is 180 g/mol. The fourth-order valence-electron chi connectivity index (χ4n) is 1.16. The number of hydrogen-bond acceptors (Lipinski definition) is 3. The number of carbonyl (C=O) groups is 1. The Balaban J connectivity index is 2.59. The van der Waals surface area contributed by atoms with Crippen LogP contribution in [-0.4, -0.2) is 22.1 Å². The highest BCUT2D eigenvalue weighted by Gasteiger charge is 2.14. The molecule has 0 amide bonds. The van der Waals surface area contributed by atoms with Crippen molar-refractivity contribution in [2.24, 2.45) is 0 Å². The van der Waals surface area contributed by atoms with Gasteiger partial charge in [0, 0.05) is 12.2 Å². The summed E-state index contributed by atoms with van der Waals surface area (Å²) in [4.78, 5) is 14.7. The third kappa shape index (κ3) is 2.81. The Kier molecular flexibility index (Phi) is 3.59. The average molecular weight is 194 g/mol. The van der Waals surface area contributed by atoms with Gasteiger partial charge in [-0.2, -0.15) is 0 Å². The van der Waals surface area contributed by atoms with Crippen molar-refractivity contribution in [3.63, 3.8) is 0 Å². The Morgan fingerprint density at radius 3 is 2.71 bits per heavy atom. The first kappa shape index (κ1) is 10.7. The fourth-order valence-corrected chi connectivity index (χ4v) is 1.16. The Morgan fingerprint density at radius 2 is 2.21 bits per heavy atom. The molecule has 0 fully saturated rings. The van der Waals surface area contributed by atoms with E-state index in [0.717, 1.165) is 5.69 Å². The van der Waals surface area contributed by atoms with Crippen LogP contribution in [0.2, 0.25) is 0 Å². The largest absolute Gasteiger partial charge is 0.480 e. The number of nitrogens with one attached hydrogen (secondary N) is 1. The Hall–Kier alpha value is -1.42. The summed E-state index contributed by atoms with van der Waals surface area (Å²) in [7, 11) is 0. The van der Waals surface area contributed by atoms with E-state index in [1.54, 1.807) is 13.1 Å². The number of aliphatic carboxylic acids is 1. The van der Waals surface area contributed by atoms with Crippen molar-refractivity contribution in [1.29, 1.82) is 0 Å². The van der Waals surface area contributed by atoms with Crippen LogP contribution in [0.25, 0.3) is 0 Å². The second-order valence-electron chi connectivity index (χ2n) is 3.20. The smallest absolute Gasteiger partial charge is 0.320 e. The minimum absolute atomic E-state index is 0.0534. The van der Waals surface area contributed by atoms with Crippen LogP contribution in [0.15, 0.2) is 24.4 Å². The number of pyridine rings is 1. The van der Waals surface area contributed by atoms with E-state index in [4.69, 9.17) is 5.11 Å². The monoisotopic (exact) mass is 194 g/mol. The first-order valence-electron chi connectivity index (χ1n) is 4.51. The lowest BCUT2D eigenvalue weighted by Crippen LogP contribution is -2.35. The molecule has 0 aliphatic heterocycles. The lowest BCUT2D eigenvalue weighted by Gasteiger charge is -2.16. The number of nitrogens with zero attached hydrogens (tertiary/aromatic N) is 1. The van der Waals surface area contributed by atoms with Gasteiger partial charge in [-0.25, -0.2) is 0 Å². The summed E-state index contributed by atoms with van der Waals surface area (Å²) in [6.07, 6.45) is 1.69. The van der Waals surface area contributed by atoms with Gasteiger partial charge in [-0.1, -0.05) is 6.07 Å². The summed E-state index contributed by atoms with van der Waals surface area (Å²) in [6, 6.07) is 4.96. The van der Waals surface area contributed by atoms with Crippen LogP contribution in [0, 0.1) is 0 Å². The summed E-state index contributed by atoms with van der Waals surface area (Å²) in [5.74, 6) is -0.854. The lowest BCUT2D eigenvalue weighted by atomic mass is 10.2. The zero-order chi connectivity index (χ0) is 10.6. The highest BCUT2D eigenvalue weighted by molar-refractivity contribution is 5.72. The molecule has 76 valence electrons. The first-order chi connectivity index (χ1) is 6.61. The second-order valence-corrected chi connectivity index (χ2v) is 3.20. The van der Waals surface area contributed by atoms with Gasteiger partial charge in [0.2, 0.25) is 0 Å². The van der Waals surface area contributed by atoms with Gasteiger partial charge in [0.25, 0.3) is 0 Å². The van der Waals surface area contributed by atoms with Crippen LogP contribution in [-0.2, 0) is 4.79 Å². The molecule has 4 heteroatoms. The molecule has 0 saturated carbocycles. The van der Waals surface area contributed by atoms with E-state index < -0.39 is 12.0 Å². The first-order valence-corrected chi connectivity index (χ1v) is 4.51. The number of aromatic nitrogens is 1. The Morgan fingerprint density at radius 1 is 1.50 bits per heavy atom. The average Bonchev–Trinajstić information content (AvgIpc) is 2.19. The SMILES string of the molecule is CC(N[C@H](C)c1ccccn1)C(=O)O. The molecule has 4 nitrogen and oxygen atoms in total. The van der Waals surface area contributed by atoms with Gasteiger partial charge < -0.3 is 5.11 Å². The number of rotatable bonds is 4. The van der Waals surface area contributed by atoms with E-state index in [2.05, 4.69) is 10.3 Å². The summed E-state index contributed by atoms with van der Waals surface area (Å²) >= 11 is 0. The molecule has 14 heavy (non-hydrogen) atoms. The predicted molar refractivity (Wildman–Crippen MR) is 52.9 cm³/mol. The van der Waals surface area contributed by atoms with Gasteiger partial charge in [-0.15, -0.1) is 0 Å². The second kappa shape index (κ2) is 4.72. The normalized spacial score (nSPS) is 14.7. The van der Waals surface area contributed by atoms with E-state index in [9.17, 15) is 4.79 Å². The molecule has 1 rings (SSSR count). The zero-order valence-electron chi connectivity index (χ0n) is 8.27. The number of hydrogen-bond donors (Lipinski definition) is 2. The molecule has 1 aromatic rings. The van der Waals surface area contributed by atoms with Gasteiger partial charge in [0.15, 0.2) is 0 Å². The van der Waals surface area contributed by atoms with Crippen molar-refractivity contribution in [3.8, 4) is 0 Å². The third-order valence-electron chi connectivity index (χ3n) is 2.00. The predicted octanol–water partition coefficient (Wildman–Crippen LogP) is 1.21. The van der Waals surface area contributed by atoms with Crippen LogP contribution in [0.3, 0.4) is 0 Å². The van der Waals surface area contributed by atoms with Gasteiger partial charge >= 0.3 is 5.97 Å². The number of carboxylic acids is 1. The summed E-state index contributed by atoms with van der Waals surface area (Å²) in [5.41, 5.74) is 0.848. The van der Waals surface area contributed by atoms with Crippen molar-refractivity contribution in [2.75, 3.05) is 0 Å². The van der Waals surface area contributed by atoms with E-state index >= 15 is 0 Å². The highest BCUT2D eigenvalue weighted by atomic mass is 16.4. The van der Waals surface area contributed by atoms with Crippen LogP contribution in [0.1, 0.15) is 25.6 Å². The summed E-state index contributed by atoms with van der Waals surface area (Å²) in [5, 5.41) is 11.6. The van der Waals surface area contributed by atoms with Crippen LogP contribution < -0.4 is 5.32 Å². The molecule has 0 bridgehead atoms. The minimum Gasteiger partial charge on any atom is -0.480 e. The van der Waals surface area contributed by atoms with Gasteiger partial charge in [-0.3, -0.25) is 15.1 Å². The van der Waals surface area contributed by atoms with Crippen molar-refractivity contribution in [1.82, 2.24) is 10.3 Å². The fraction of sp³-hybridized carbons (Fsp3) is 0.400. The maximum absolute atomic E-state index is 10.6. The topological polar surface area (TPSA) is 62.2 Å². The zero-order valence-corrected chi connectivity index (χ0v) is 8.27. The van der Waals surface area contributed by atoms with Crippen molar-refractivity contribution in [3.05, 3.63) is 30.1 Å². The third-order valence-corrected chi connectivity index (χ3v) is 2.00. The van der Waals surface area contributed by atoms with E-state index in [0.29, 0.717) is 0 Å². The maximum atomic E-state index is 10.6. The summed E-state index contributed by atoms with van der Waals surface area (Å²) in [6.45, 7) is 3.50. The van der Waals surface area contributed by atoms with E-state index in [-0.39, 0.29) is 6.04 Å². The van der Waals surface area contributed by atoms with Gasteiger partial charge in [0.05, 0.1) is 5.69 Å². The maximum Gasteiger partial charge on any atom is 0.320 e. The molecule has 1 unspecified atom stereocenters. The molecular formula is C10H14N2O2. The molecule has 0 aliphatic rings. The van der Waals surface area contributed by atoms with Crippen molar-refractivity contribution in [2.45, 2.75) is 25.9 Å². The molecule has 1 aromatic heterocycles. The van der Waals surface area contributed by atoms with Crippen molar-refractivity contribution < 1.29 is 9.90 Å². The van der Waals surface area contributed by atoms with Gasteiger partial charge in [-0.05, 0) is 26.0 Å².